The van der Waals surface area contributed by atoms with E-state index in [4.69, 9.17) is 5.73 Å². The highest BCUT2D eigenvalue weighted by molar-refractivity contribution is 8.00. The topological polar surface area (TPSA) is 42.1 Å². The quantitative estimate of drug-likeness (QED) is 0.876. The lowest BCUT2D eigenvalue weighted by Gasteiger charge is -2.39. The Balaban J connectivity index is 2.27. The van der Waals surface area contributed by atoms with E-state index >= 15 is 0 Å². The predicted molar refractivity (Wildman–Crippen MR) is 75.6 cm³/mol. The number of hydrogen-bond acceptors (Lipinski definition) is 4. The summed E-state index contributed by atoms with van der Waals surface area (Å²) in [6, 6.07) is 4.09. The van der Waals surface area contributed by atoms with E-state index in [1.807, 2.05) is 30.9 Å². The van der Waals surface area contributed by atoms with Gasteiger partial charge >= 0.3 is 0 Å². The normalized spacial score (nSPS) is 21.3. The Hall–Kier alpha value is -0.740. The first-order valence-corrected chi connectivity index (χ1v) is 7.07. The Kier molecular flexibility index (Phi) is 3.64. The Bertz CT molecular complexity index is 390. The van der Waals surface area contributed by atoms with Gasteiger partial charge in [0.2, 0.25) is 0 Å². The zero-order valence-corrected chi connectivity index (χ0v) is 11.6. The summed E-state index contributed by atoms with van der Waals surface area (Å²) < 4.78 is 0.297. The van der Waals surface area contributed by atoms with Gasteiger partial charge in [-0.2, -0.15) is 11.8 Å². The second-order valence-electron chi connectivity index (χ2n) is 5.23. The molecule has 1 saturated heterocycles. The maximum Gasteiger partial charge on any atom is 0.133 e. The number of anilines is 1. The molecule has 0 bridgehead atoms. The Labute approximate surface area is 108 Å². The van der Waals surface area contributed by atoms with Crippen LogP contribution in [0.2, 0.25) is 0 Å². The summed E-state index contributed by atoms with van der Waals surface area (Å²) in [5.41, 5.74) is 7.17. The van der Waals surface area contributed by atoms with Crippen LogP contribution in [-0.2, 0) is 0 Å². The lowest BCUT2D eigenvalue weighted by molar-refractivity contribution is 0.636. The summed E-state index contributed by atoms with van der Waals surface area (Å²) in [7, 11) is 0. The molecule has 1 aromatic heterocycles. The second-order valence-corrected chi connectivity index (χ2v) is 7.04. The summed E-state index contributed by atoms with van der Waals surface area (Å²) >= 11 is 2.03. The SMILES string of the molecule is C[C@@H](N)c1cccnc1N1CCSC(C)(C)C1. The molecule has 2 N–H and O–H groups in total. The van der Waals surface area contributed by atoms with Crippen molar-refractivity contribution in [2.24, 2.45) is 5.73 Å². The van der Waals surface area contributed by atoms with Crippen molar-refractivity contribution in [3.8, 4) is 0 Å². The Morgan fingerprint density at radius 2 is 2.29 bits per heavy atom. The average molecular weight is 251 g/mol. The largest absolute Gasteiger partial charge is 0.354 e. The molecule has 0 spiro atoms. The molecule has 1 atom stereocenters. The van der Waals surface area contributed by atoms with Gasteiger partial charge in [0.05, 0.1) is 0 Å². The van der Waals surface area contributed by atoms with Crippen LogP contribution in [0.5, 0.6) is 0 Å². The van der Waals surface area contributed by atoms with Crippen LogP contribution in [0.25, 0.3) is 0 Å². The molecular weight excluding hydrogens is 230 g/mol. The molecule has 0 unspecified atom stereocenters. The summed E-state index contributed by atoms with van der Waals surface area (Å²) in [5.74, 6) is 2.22. The van der Waals surface area contributed by atoms with Gasteiger partial charge in [-0.05, 0) is 26.8 Å². The average Bonchev–Trinajstić information content (AvgIpc) is 2.27. The minimum absolute atomic E-state index is 0.0383. The molecule has 0 aromatic carbocycles. The van der Waals surface area contributed by atoms with E-state index in [1.54, 1.807) is 0 Å². The van der Waals surface area contributed by atoms with Crippen molar-refractivity contribution < 1.29 is 0 Å². The van der Waals surface area contributed by atoms with Crippen LogP contribution in [-0.4, -0.2) is 28.6 Å². The van der Waals surface area contributed by atoms with E-state index in [-0.39, 0.29) is 6.04 Å². The van der Waals surface area contributed by atoms with E-state index in [9.17, 15) is 0 Å². The van der Waals surface area contributed by atoms with Crippen molar-refractivity contribution in [1.29, 1.82) is 0 Å². The zero-order valence-electron chi connectivity index (χ0n) is 10.8. The van der Waals surface area contributed by atoms with Gasteiger partial charge in [0.25, 0.3) is 0 Å². The third-order valence-electron chi connectivity index (χ3n) is 3.03. The number of hydrogen-bond donors (Lipinski definition) is 1. The standard InChI is InChI=1S/C13H21N3S/c1-10(14)11-5-4-6-15-12(11)16-7-8-17-13(2,3)9-16/h4-6,10H,7-9,14H2,1-3H3/t10-/m1/s1. The number of aromatic nitrogens is 1. The fourth-order valence-corrected chi connectivity index (χ4v) is 3.34. The first kappa shape index (κ1) is 12.7. The minimum Gasteiger partial charge on any atom is -0.354 e. The van der Waals surface area contributed by atoms with E-state index in [2.05, 4.69) is 29.8 Å². The summed E-state index contributed by atoms with van der Waals surface area (Å²) in [6.07, 6.45) is 1.86. The van der Waals surface area contributed by atoms with E-state index in [0.717, 1.165) is 30.2 Å². The molecule has 4 heteroatoms. The van der Waals surface area contributed by atoms with Crippen molar-refractivity contribution in [1.82, 2.24) is 4.98 Å². The molecule has 17 heavy (non-hydrogen) atoms. The van der Waals surface area contributed by atoms with E-state index in [0.29, 0.717) is 4.75 Å². The molecule has 3 nitrogen and oxygen atoms in total. The van der Waals surface area contributed by atoms with Crippen LogP contribution in [0, 0.1) is 0 Å². The van der Waals surface area contributed by atoms with Crippen molar-refractivity contribution >= 4 is 17.6 Å². The molecule has 1 aliphatic heterocycles. The fraction of sp³-hybridized carbons (Fsp3) is 0.615. The molecule has 0 aliphatic carbocycles. The summed E-state index contributed by atoms with van der Waals surface area (Å²) in [6.45, 7) is 8.69. The molecule has 1 fully saturated rings. The first-order chi connectivity index (χ1) is 7.99. The molecular formula is C13H21N3S. The number of thioether (sulfide) groups is 1. The smallest absolute Gasteiger partial charge is 0.133 e. The van der Waals surface area contributed by atoms with Gasteiger partial charge in [-0.25, -0.2) is 4.98 Å². The van der Waals surface area contributed by atoms with Gasteiger partial charge in [0, 0.05) is 41.4 Å². The van der Waals surface area contributed by atoms with Crippen molar-refractivity contribution in [3.05, 3.63) is 23.9 Å². The predicted octanol–water partition coefficient (Wildman–Crippen LogP) is 2.43. The van der Waals surface area contributed by atoms with Gasteiger partial charge < -0.3 is 10.6 Å². The van der Waals surface area contributed by atoms with Crippen molar-refractivity contribution in [3.63, 3.8) is 0 Å². The van der Waals surface area contributed by atoms with Gasteiger partial charge in [-0.1, -0.05) is 6.07 Å². The number of nitrogens with zero attached hydrogens (tertiary/aromatic N) is 2. The second kappa shape index (κ2) is 4.86. The van der Waals surface area contributed by atoms with Crippen LogP contribution in [0.4, 0.5) is 5.82 Å². The van der Waals surface area contributed by atoms with Crippen LogP contribution in [0.3, 0.4) is 0 Å². The van der Waals surface area contributed by atoms with Gasteiger partial charge in [0.15, 0.2) is 0 Å². The van der Waals surface area contributed by atoms with E-state index in [1.165, 1.54) is 0 Å². The summed E-state index contributed by atoms with van der Waals surface area (Å²) in [5, 5.41) is 0. The Morgan fingerprint density at radius 3 is 2.94 bits per heavy atom. The number of rotatable bonds is 2. The number of nitrogens with two attached hydrogens (primary N) is 1. The molecule has 2 rings (SSSR count). The Morgan fingerprint density at radius 1 is 1.53 bits per heavy atom. The van der Waals surface area contributed by atoms with Crippen molar-refractivity contribution in [2.75, 3.05) is 23.7 Å². The van der Waals surface area contributed by atoms with Gasteiger partial charge in [-0.3, -0.25) is 0 Å². The third-order valence-corrected chi connectivity index (χ3v) is 4.33. The fourth-order valence-electron chi connectivity index (χ4n) is 2.23. The third kappa shape index (κ3) is 2.93. The molecule has 1 aromatic rings. The molecule has 0 amide bonds. The highest BCUT2D eigenvalue weighted by atomic mass is 32.2. The molecule has 0 saturated carbocycles. The highest BCUT2D eigenvalue weighted by Gasteiger charge is 2.28. The first-order valence-electron chi connectivity index (χ1n) is 6.09. The van der Waals surface area contributed by atoms with Gasteiger partial charge in [-0.15, -0.1) is 0 Å². The lowest BCUT2D eigenvalue weighted by Crippen LogP contribution is -2.44. The van der Waals surface area contributed by atoms with E-state index < -0.39 is 0 Å². The highest BCUT2D eigenvalue weighted by Crippen LogP contribution is 2.33. The van der Waals surface area contributed by atoms with Crippen LogP contribution in [0.1, 0.15) is 32.4 Å². The van der Waals surface area contributed by atoms with Crippen LogP contribution in [0.15, 0.2) is 18.3 Å². The monoisotopic (exact) mass is 251 g/mol. The van der Waals surface area contributed by atoms with Crippen LogP contribution >= 0.6 is 11.8 Å². The molecule has 0 radical (unpaired) electrons. The van der Waals surface area contributed by atoms with Crippen LogP contribution < -0.4 is 10.6 Å². The number of pyridine rings is 1. The van der Waals surface area contributed by atoms with Gasteiger partial charge in [0.1, 0.15) is 5.82 Å². The maximum atomic E-state index is 6.02. The molecule has 1 aliphatic rings. The molecule has 2 heterocycles. The minimum atomic E-state index is 0.0383. The zero-order chi connectivity index (χ0) is 12.5. The summed E-state index contributed by atoms with van der Waals surface area (Å²) in [4.78, 5) is 6.90. The maximum absolute atomic E-state index is 6.02. The van der Waals surface area contributed by atoms with Crippen molar-refractivity contribution in [2.45, 2.75) is 31.6 Å². The molecule has 94 valence electrons. The lowest BCUT2D eigenvalue weighted by atomic mass is 10.1.